The maximum Gasteiger partial charge on any atom is 0.0444 e. The van der Waals surface area contributed by atoms with E-state index < -0.39 is 0 Å². The first-order valence-electron chi connectivity index (χ1n) is 2.92. The van der Waals surface area contributed by atoms with E-state index in [1.165, 1.54) is 0 Å². The van der Waals surface area contributed by atoms with Crippen LogP contribution in [0.15, 0.2) is 10.6 Å². The van der Waals surface area contributed by atoms with Crippen molar-refractivity contribution in [1.82, 2.24) is 5.32 Å². The molecule has 3 N–H and O–H groups in total. The lowest BCUT2D eigenvalue weighted by molar-refractivity contribution is 0.683. The van der Waals surface area contributed by atoms with Crippen LogP contribution in [0.4, 0.5) is 0 Å². The van der Waals surface area contributed by atoms with Gasteiger partial charge in [-0.2, -0.15) is 0 Å². The van der Waals surface area contributed by atoms with Crippen LogP contribution in [0.2, 0.25) is 0 Å². The average molecular weight is 146 g/mol. The fraction of sp³-hybridized carbons (Fsp3) is 0.667. The molecule has 54 valence electrons. The molecule has 0 fully saturated rings. The van der Waals surface area contributed by atoms with Gasteiger partial charge in [0.2, 0.25) is 0 Å². The summed E-state index contributed by atoms with van der Waals surface area (Å²) in [5, 5.41) is 3.01. The first-order valence-corrected chi connectivity index (χ1v) is 3.36. The smallest absolute Gasteiger partial charge is 0.0444 e. The second-order valence-corrected chi connectivity index (χ2v) is 2.72. The molecular weight excluding hydrogens is 132 g/mol. The molecular formula is C6H14N2S. The highest BCUT2D eigenvalue weighted by molar-refractivity contribution is 7.84. The van der Waals surface area contributed by atoms with Crippen molar-refractivity contribution in [2.24, 2.45) is 5.73 Å². The fourth-order valence-corrected chi connectivity index (χ4v) is 0.662. The van der Waals surface area contributed by atoms with Crippen LogP contribution in [0.5, 0.6) is 0 Å². The Balaban J connectivity index is 4.02. The Morgan fingerprint density at radius 3 is 2.22 bits per heavy atom. The zero-order chi connectivity index (χ0) is 7.44. The molecule has 3 heteroatoms. The van der Waals surface area contributed by atoms with E-state index >= 15 is 0 Å². The normalized spacial score (nSPS) is 16.9. The lowest BCUT2D eigenvalue weighted by Crippen LogP contribution is -2.28. The number of nitrogens with two attached hydrogens (primary N) is 1. The monoisotopic (exact) mass is 146 g/mol. The summed E-state index contributed by atoms with van der Waals surface area (Å²) in [6.45, 7) is 3.88. The van der Waals surface area contributed by atoms with Gasteiger partial charge in [0.1, 0.15) is 0 Å². The van der Waals surface area contributed by atoms with Crippen LogP contribution in [0.3, 0.4) is 0 Å². The van der Waals surface area contributed by atoms with Crippen LogP contribution < -0.4 is 11.1 Å². The minimum Gasteiger partial charge on any atom is -0.400 e. The molecule has 0 saturated heterocycles. The molecule has 0 aromatic heterocycles. The number of rotatable bonds is 2. The van der Waals surface area contributed by atoms with E-state index in [0.29, 0.717) is 0 Å². The van der Waals surface area contributed by atoms with Gasteiger partial charge in [-0.1, -0.05) is 0 Å². The minimum atomic E-state index is 0.225. The Morgan fingerprint density at radius 1 is 1.67 bits per heavy atom. The number of nitrogens with one attached hydrogen (secondary N) is 1. The molecule has 0 aliphatic carbocycles. The van der Waals surface area contributed by atoms with E-state index in [1.807, 2.05) is 20.9 Å². The van der Waals surface area contributed by atoms with Gasteiger partial charge in [-0.3, -0.25) is 0 Å². The fourth-order valence-electron chi connectivity index (χ4n) is 0.469. The van der Waals surface area contributed by atoms with Crippen LogP contribution in [-0.2, 0) is 0 Å². The van der Waals surface area contributed by atoms with Gasteiger partial charge < -0.3 is 11.1 Å². The first kappa shape index (κ1) is 8.85. The van der Waals surface area contributed by atoms with Crippen LogP contribution in [0, 0.1) is 0 Å². The first-order chi connectivity index (χ1) is 4.09. The Bertz CT molecular complexity index is 116. The summed E-state index contributed by atoms with van der Waals surface area (Å²) >= 11 is 4.10. The summed E-state index contributed by atoms with van der Waals surface area (Å²) in [6.07, 6.45) is 0. The second-order valence-electron chi connectivity index (χ2n) is 2.05. The van der Waals surface area contributed by atoms with Crippen molar-refractivity contribution in [1.29, 1.82) is 0 Å². The number of hydrogen-bond donors (Lipinski definition) is 3. The molecule has 0 aromatic carbocycles. The zero-order valence-corrected chi connectivity index (χ0v) is 7.00. The maximum absolute atomic E-state index is 5.61. The van der Waals surface area contributed by atoms with Crippen LogP contribution in [-0.4, -0.2) is 13.1 Å². The summed E-state index contributed by atoms with van der Waals surface area (Å²) in [4.78, 5) is 0.886. The maximum atomic E-state index is 5.61. The Hall–Kier alpha value is -0.150. The number of hydrogen-bond acceptors (Lipinski definition) is 3. The summed E-state index contributed by atoms with van der Waals surface area (Å²) in [7, 11) is 1.87. The Labute approximate surface area is 61.9 Å². The Kier molecular flexibility index (Phi) is 3.73. The van der Waals surface area contributed by atoms with Gasteiger partial charge in [0, 0.05) is 11.7 Å². The summed E-state index contributed by atoms with van der Waals surface area (Å²) in [5.74, 6) is 0. The van der Waals surface area contributed by atoms with Gasteiger partial charge in [0.25, 0.3) is 0 Å². The SMILES string of the molecule is CNC(C)/C(N)=C(/C)S. The molecule has 0 amide bonds. The van der Waals surface area contributed by atoms with Crippen LogP contribution in [0.25, 0.3) is 0 Å². The van der Waals surface area contributed by atoms with Gasteiger partial charge in [0.15, 0.2) is 0 Å². The molecule has 0 radical (unpaired) electrons. The van der Waals surface area contributed by atoms with Gasteiger partial charge in [-0.25, -0.2) is 0 Å². The lowest BCUT2D eigenvalue weighted by atomic mass is 10.2. The highest BCUT2D eigenvalue weighted by Crippen LogP contribution is 2.04. The molecule has 1 unspecified atom stereocenters. The molecule has 0 heterocycles. The molecule has 0 aromatic rings. The van der Waals surface area contributed by atoms with Gasteiger partial charge in [0.05, 0.1) is 0 Å². The van der Waals surface area contributed by atoms with Gasteiger partial charge in [-0.15, -0.1) is 12.6 Å². The quantitative estimate of drug-likeness (QED) is 0.502. The molecule has 0 saturated carbocycles. The summed E-state index contributed by atoms with van der Waals surface area (Å²) < 4.78 is 0. The van der Waals surface area contributed by atoms with Crippen molar-refractivity contribution < 1.29 is 0 Å². The summed E-state index contributed by atoms with van der Waals surface area (Å²) in [6, 6.07) is 0.225. The molecule has 0 bridgehead atoms. The molecule has 9 heavy (non-hydrogen) atoms. The minimum absolute atomic E-state index is 0.225. The average Bonchev–Trinajstić information content (AvgIpc) is 1.84. The largest absolute Gasteiger partial charge is 0.400 e. The van der Waals surface area contributed by atoms with Gasteiger partial charge in [-0.05, 0) is 25.8 Å². The number of likely N-dealkylation sites (N-methyl/N-ethyl adjacent to an activating group) is 1. The van der Waals surface area contributed by atoms with Crippen molar-refractivity contribution in [3.05, 3.63) is 10.6 Å². The van der Waals surface area contributed by atoms with E-state index in [4.69, 9.17) is 5.73 Å². The highest BCUT2D eigenvalue weighted by Gasteiger charge is 2.01. The van der Waals surface area contributed by atoms with Crippen molar-refractivity contribution >= 4 is 12.6 Å². The molecule has 0 aliphatic rings. The van der Waals surface area contributed by atoms with Crippen LogP contribution in [0.1, 0.15) is 13.8 Å². The summed E-state index contributed by atoms with van der Waals surface area (Å²) in [5.41, 5.74) is 6.42. The van der Waals surface area contributed by atoms with Crippen molar-refractivity contribution in [3.8, 4) is 0 Å². The number of allylic oxidation sites excluding steroid dienone is 1. The molecule has 0 rings (SSSR count). The Morgan fingerprint density at radius 2 is 2.11 bits per heavy atom. The predicted octanol–water partition coefficient (Wildman–Crippen LogP) is 0.714. The zero-order valence-electron chi connectivity index (χ0n) is 6.10. The molecule has 0 spiro atoms. The van der Waals surface area contributed by atoms with E-state index in [2.05, 4.69) is 17.9 Å². The van der Waals surface area contributed by atoms with E-state index in [1.54, 1.807) is 0 Å². The molecule has 0 aliphatic heterocycles. The van der Waals surface area contributed by atoms with Crippen LogP contribution >= 0.6 is 12.6 Å². The standard InChI is InChI=1S/C6H14N2S/c1-4(8-3)6(7)5(2)9/h4,8-9H,7H2,1-3H3/b6-5+. The van der Waals surface area contributed by atoms with E-state index in [9.17, 15) is 0 Å². The second kappa shape index (κ2) is 3.80. The molecule has 2 nitrogen and oxygen atoms in total. The third kappa shape index (κ3) is 2.77. The van der Waals surface area contributed by atoms with E-state index in [0.717, 1.165) is 10.6 Å². The van der Waals surface area contributed by atoms with Crippen molar-refractivity contribution in [2.75, 3.05) is 7.05 Å². The third-order valence-corrected chi connectivity index (χ3v) is 1.58. The lowest BCUT2D eigenvalue weighted by Gasteiger charge is -2.10. The predicted molar refractivity (Wildman–Crippen MR) is 44.4 cm³/mol. The van der Waals surface area contributed by atoms with E-state index in [-0.39, 0.29) is 6.04 Å². The topological polar surface area (TPSA) is 38.0 Å². The van der Waals surface area contributed by atoms with Crippen molar-refractivity contribution in [2.45, 2.75) is 19.9 Å². The van der Waals surface area contributed by atoms with Crippen molar-refractivity contribution in [3.63, 3.8) is 0 Å². The third-order valence-electron chi connectivity index (χ3n) is 1.32. The highest BCUT2D eigenvalue weighted by atomic mass is 32.1. The number of thiol groups is 1. The van der Waals surface area contributed by atoms with Gasteiger partial charge >= 0.3 is 0 Å². The molecule has 1 atom stereocenters.